The van der Waals surface area contributed by atoms with Crippen LogP contribution in [0.1, 0.15) is 54.6 Å². The molecule has 1 aliphatic heterocycles. The highest BCUT2D eigenvalue weighted by molar-refractivity contribution is 7.91. The van der Waals surface area contributed by atoms with Crippen molar-refractivity contribution >= 4 is 32.6 Å². The first kappa shape index (κ1) is 25.6. The van der Waals surface area contributed by atoms with Gasteiger partial charge in [0.25, 0.3) is 5.91 Å². The van der Waals surface area contributed by atoms with E-state index in [1.165, 1.54) is 6.07 Å². The Morgan fingerprint density at radius 2 is 1.62 bits per heavy atom. The Balaban J connectivity index is 1.26. The highest BCUT2D eigenvalue weighted by Gasteiger charge is 2.52. The maximum Gasteiger partial charge on any atom is 0.287 e. The lowest BCUT2D eigenvalue weighted by Gasteiger charge is -2.39. The van der Waals surface area contributed by atoms with E-state index in [1.807, 2.05) is 12.1 Å². The Hall–Kier alpha value is -3.71. The third-order valence-electron chi connectivity index (χ3n) is 8.11. The number of hydrogen-bond acceptors (Lipinski definition) is 5. The van der Waals surface area contributed by atoms with Gasteiger partial charge in [0.15, 0.2) is 15.6 Å². The van der Waals surface area contributed by atoms with Gasteiger partial charge in [-0.05, 0) is 73.1 Å². The van der Waals surface area contributed by atoms with Crippen molar-refractivity contribution in [2.24, 2.45) is 0 Å². The average molecular weight is 553 g/mol. The van der Waals surface area contributed by atoms with Gasteiger partial charge >= 0.3 is 0 Å². The van der Waals surface area contributed by atoms with Crippen molar-refractivity contribution in [3.63, 3.8) is 0 Å². The monoisotopic (exact) mass is 552 g/mol. The van der Waals surface area contributed by atoms with Crippen LogP contribution in [-0.2, 0) is 21.1 Å². The number of fused-ring (bicyclic) bond motifs is 2. The lowest BCUT2D eigenvalue weighted by molar-refractivity contribution is -0.133. The number of furan rings is 1. The molecule has 2 fully saturated rings. The van der Waals surface area contributed by atoms with Gasteiger partial charge in [-0.3, -0.25) is 9.59 Å². The van der Waals surface area contributed by atoms with Crippen LogP contribution < -0.4 is 10.6 Å². The number of halogens is 2. The minimum atomic E-state index is -3.23. The third kappa shape index (κ3) is 4.59. The molecule has 0 radical (unpaired) electrons. The van der Waals surface area contributed by atoms with E-state index < -0.39 is 51.5 Å². The molecule has 39 heavy (non-hydrogen) atoms. The number of nitrogens with one attached hydrogen (secondary N) is 2. The standard InChI is InChI=1S/C29H26F2N2O5S/c1-2-27(8-9-27)33-26(35)28(10-12-29(30,31)13-11-28)32-25(34)23-17-20-4-3-19(16-22(20)38-23)18-5-6-24-21(15-18)7-14-39(24,36)37/h1,3-6,15-17H,7-14H2,(H,32,34)(H,33,35). The summed E-state index contributed by atoms with van der Waals surface area (Å²) in [5.74, 6) is -1.54. The number of aryl methyl sites for hydroxylation is 1. The fourth-order valence-electron chi connectivity index (χ4n) is 5.43. The molecule has 0 saturated heterocycles. The second-order valence-corrected chi connectivity index (χ2v) is 12.9. The maximum absolute atomic E-state index is 14.0. The molecule has 1 aromatic heterocycles. The summed E-state index contributed by atoms with van der Waals surface area (Å²) < 4.78 is 58.1. The molecular weight excluding hydrogens is 526 g/mol. The van der Waals surface area contributed by atoms with E-state index in [9.17, 15) is 26.8 Å². The normalized spacial score (nSPS) is 21.5. The zero-order chi connectivity index (χ0) is 27.6. The van der Waals surface area contributed by atoms with Crippen LogP contribution in [-0.4, -0.2) is 43.0 Å². The predicted octanol–water partition coefficient (Wildman–Crippen LogP) is 4.39. The molecule has 2 heterocycles. The van der Waals surface area contributed by atoms with Gasteiger partial charge in [-0.1, -0.05) is 24.1 Å². The fourth-order valence-corrected chi connectivity index (χ4v) is 6.98. The van der Waals surface area contributed by atoms with Crippen molar-refractivity contribution in [3.8, 4) is 23.5 Å². The molecule has 0 bridgehead atoms. The second-order valence-electron chi connectivity index (χ2n) is 10.8. The van der Waals surface area contributed by atoms with Crippen molar-refractivity contribution < 1.29 is 31.2 Å². The van der Waals surface area contributed by atoms with Crippen LogP contribution in [0.5, 0.6) is 0 Å². The minimum absolute atomic E-state index is 0.0511. The molecule has 3 aromatic rings. The summed E-state index contributed by atoms with van der Waals surface area (Å²) in [6.07, 6.45) is 5.69. The highest BCUT2D eigenvalue weighted by atomic mass is 32.2. The summed E-state index contributed by atoms with van der Waals surface area (Å²) in [6.45, 7) is 0. The zero-order valence-corrected chi connectivity index (χ0v) is 21.8. The number of alkyl halides is 2. The molecular formula is C29H26F2N2O5S. The van der Waals surface area contributed by atoms with Crippen LogP contribution in [0.2, 0.25) is 0 Å². The molecule has 0 unspecified atom stereocenters. The molecule has 202 valence electrons. The quantitative estimate of drug-likeness (QED) is 0.457. The van der Waals surface area contributed by atoms with Crippen LogP contribution >= 0.6 is 0 Å². The van der Waals surface area contributed by atoms with Crippen LogP contribution in [0.25, 0.3) is 22.1 Å². The summed E-state index contributed by atoms with van der Waals surface area (Å²) in [5.41, 5.74) is 0.476. The summed E-state index contributed by atoms with van der Waals surface area (Å²) in [7, 11) is -3.23. The van der Waals surface area contributed by atoms with Gasteiger partial charge in [-0.25, -0.2) is 17.2 Å². The van der Waals surface area contributed by atoms with Gasteiger partial charge in [0.1, 0.15) is 16.7 Å². The number of rotatable bonds is 5. The highest BCUT2D eigenvalue weighted by Crippen LogP contribution is 2.41. The average Bonchev–Trinajstić information content (AvgIpc) is 3.43. The molecule has 2 aromatic carbocycles. The van der Waals surface area contributed by atoms with E-state index in [2.05, 4.69) is 16.6 Å². The lowest BCUT2D eigenvalue weighted by Crippen LogP contribution is -2.62. The number of hydrogen-bond donors (Lipinski definition) is 2. The fraction of sp³-hybridized carbons (Fsp3) is 0.379. The summed E-state index contributed by atoms with van der Waals surface area (Å²) in [4.78, 5) is 26.9. The molecule has 0 atom stereocenters. The first-order valence-corrected chi connectivity index (χ1v) is 14.5. The van der Waals surface area contributed by atoms with Gasteiger partial charge in [-0.2, -0.15) is 0 Å². The number of sulfone groups is 1. The Kier molecular flexibility index (Phi) is 5.67. The van der Waals surface area contributed by atoms with Crippen LogP contribution in [0, 0.1) is 12.3 Å². The molecule has 2 amide bonds. The lowest BCUT2D eigenvalue weighted by atomic mass is 9.78. The molecule has 2 saturated carbocycles. The summed E-state index contributed by atoms with van der Waals surface area (Å²) >= 11 is 0. The molecule has 6 rings (SSSR count). The van der Waals surface area contributed by atoms with Crippen LogP contribution in [0.15, 0.2) is 51.8 Å². The van der Waals surface area contributed by atoms with E-state index in [1.54, 1.807) is 24.3 Å². The van der Waals surface area contributed by atoms with Gasteiger partial charge in [-0.15, -0.1) is 6.42 Å². The predicted molar refractivity (Wildman–Crippen MR) is 140 cm³/mol. The van der Waals surface area contributed by atoms with Crippen LogP contribution in [0.3, 0.4) is 0 Å². The van der Waals surface area contributed by atoms with E-state index >= 15 is 0 Å². The van der Waals surface area contributed by atoms with Crippen molar-refractivity contribution in [2.75, 3.05) is 5.75 Å². The first-order valence-electron chi connectivity index (χ1n) is 12.8. The number of benzene rings is 2. The second kappa shape index (κ2) is 8.65. The van der Waals surface area contributed by atoms with Crippen molar-refractivity contribution in [2.45, 2.75) is 66.8 Å². The zero-order valence-electron chi connectivity index (χ0n) is 21.0. The number of terminal acetylenes is 1. The van der Waals surface area contributed by atoms with E-state index in [0.29, 0.717) is 35.1 Å². The SMILES string of the molecule is C#CC1(NC(=O)C2(NC(=O)c3cc4ccc(-c5ccc6c(c5)CCS6(=O)=O)cc4o3)CCC(F)(F)CC2)CC1. The number of amides is 2. The molecule has 0 spiro atoms. The number of carbonyl (C=O) groups excluding carboxylic acids is 2. The molecule has 2 N–H and O–H groups in total. The third-order valence-corrected chi connectivity index (χ3v) is 9.92. The first-order chi connectivity index (χ1) is 18.4. The van der Waals surface area contributed by atoms with Crippen molar-refractivity contribution in [1.82, 2.24) is 10.6 Å². The van der Waals surface area contributed by atoms with Crippen LogP contribution in [0.4, 0.5) is 8.78 Å². The van der Waals surface area contributed by atoms with Gasteiger partial charge in [0, 0.05) is 18.2 Å². The Morgan fingerprint density at radius 1 is 0.923 bits per heavy atom. The Morgan fingerprint density at radius 3 is 2.31 bits per heavy atom. The van der Waals surface area contributed by atoms with Crippen molar-refractivity contribution in [3.05, 3.63) is 53.8 Å². The number of carbonyl (C=O) groups is 2. The molecule has 2 aliphatic carbocycles. The van der Waals surface area contributed by atoms with E-state index in [4.69, 9.17) is 10.8 Å². The molecule has 10 heteroatoms. The Labute approximate surface area is 224 Å². The smallest absolute Gasteiger partial charge is 0.287 e. The van der Waals surface area contributed by atoms with Gasteiger partial charge < -0.3 is 15.1 Å². The van der Waals surface area contributed by atoms with E-state index in [-0.39, 0.29) is 24.4 Å². The Bertz CT molecular complexity index is 1670. The minimum Gasteiger partial charge on any atom is -0.451 e. The van der Waals surface area contributed by atoms with Crippen molar-refractivity contribution in [1.29, 1.82) is 0 Å². The maximum atomic E-state index is 14.0. The molecule has 3 aliphatic rings. The molecule has 7 nitrogen and oxygen atoms in total. The van der Waals surface area contributed by atoms with Gasteiger partial charge in [0.05, 0.1) is 10.6 Å². The summed E-state index contributed by atoms with van der Waals surface area (Å²) in [6, 6.07) is 12.1. The van der Waals surface area contributed by atoms with Gasteiger partial charge in [0.2, 0.25) is 11.8 Å². The van der Waals surface area contributed by atoms with E-state index in [0.717, 1.165) is 16.7 Å². The summed E-state index contributed by atoms with van der Waals surface area (Å²) in [5, 5.41) is 6.13. The largest absolute Gasteiger partial charge is 0.451 e. The topological polar surface area (TPSA) is 105 Å².